The standard InChI is InChI=1S/C13H10N2OS/c1-8-12(17-7-14-8)6-10-9-4-2-3-5-11(9)15-13(10)16/h2-7H,1H3,(H,15,16). The zero-order valence-corrected chi connectivity index (χ0v) is 10.0. The molecule has 0 unspecified atom stereocenters. The number of aryl methyl sites for hydroxylation is 1. The van der Waals surface area contributed by atoms with Crippen LogP contribution in [0.1, 0.15) is 16.1 Å². The molecular weight excluding hydrogens is 232 g/mol. The third kappa shape index (κ3) is 1.66. The molecule has 2 heterocycles. The van der Waals surface area contributed by atoms with E-state index in [0.717, 1.165) is 21.8 Å². The summed E-state index contributed by atoms with van der Waals surface area (Å²) < 4.78 is 0. The Hall–Kier alpha value is -1.94. The monoisotopic (exact) mass is 242 g/mol. The molecule has 0 bridgehead atoms. The van der Waals surface area contributed by atoms with E-state index in [-0.39, 0.29) is 5.91 Å². The van der Waals surface area contributed by atoms with Crippen LogP contribution >= 0.6 is 11.3 Å². The van der Waals surface area contributed by atoms with Gasteiger partial charge in [-0.1, -0.05) is 18.2 Å². The molecule has 0 saturated carbocycles. The van der Waals surface area contributed by atoms with E-state index in [1.165, 1.54) is 0 Å². The smallest absolute Gasteiger partial charge is 0.256 e. The van der Waals surface area contributed by atoms with Crippen LogP contribution in [0.5, 0.6) is 0 Å². The number of amides is 1. The molecule has 3 nitrogen and oxygen atoms in total. The van der Waals surface area contributed by atoms with E-state index >= 15 is 0 Å². The van der Waals surface area contributed by atoms with E-state index < -0.39 is 0 Å². The van der Waals surface area contributed by atoms with Gasteiger partial charge in [0, 0.05) is 11.3 Å². The average Bonchev–Trinajstić information content (AvgIpc) is 2.85. The number of hydrogen-bond acceptors (Lipinski definition) is 3. The molecule has 0 radical (unpaired) electrons. The summed E-state index contributed by atoms with van der Waals surface area (Å²) in [7, 11) is 0. The molecule has 0 saturated heterocycles. The van der Waals surface area contributed by atoms with Crippen LogP contribution in [-0.2, 0) is 4.79 Å². The number of anilines is 1. The number of nitrogens with zero attached hydrogens (tertiary/aromatic N) is 1. The molecular formula is C13H10N2OS. The molecule has 1 aliphatic heterocycles. The second-order valence-electron chi connectivity index (χ2n) is 3.86. The van der Waals surface area contributed by atoms with Crippen LogP contribution in [0, 0.1) is 6.92 Å². The van der Waals surface area contributed by atoms with Gasteiger partial charge >= 0.3 is 0 Å². The summed E-state index contributed by atoms with van der Waals surface area (Å²) in [5, 5.41) is 2.86. The number of nitrogens with one attached hydrogen (secondary N) is 1. The minimum atomic E-state index is -0.0426. The average molecular weight is 242 g/mol. The number of aromatic nitrogens is 1. The van der Waals surface area contributed by atoms with Gasteiger partial charge < -0.3 is 5.32 Å². The van der Waals surface area contributed by atoms with Crippen molar-refractivity contribution in [2.45, 2.75) is 6.92 Å². The SMILES string of the molecule is Cc1ncsc1C=C1C(=O)Nc2ccccc21. The van der Waals surface area contributed by atoms with Crippen molar-refractivity contribution in [1.82, 2.24) is 4.98 Å². The number of rotatable bonds is 1. The van der Waals surface area contributed by atoms with Gasteiger partial charge in [-0.2, -0.15) is 0 Å². The molecule has 0 spiro atoms. The summed E-state index contributed by atoms with van der Waals surface area (Å²) in [5.74, 6) is -0.0426. The quantitative estimate of drug-likeness (QED) is 0.781. The zero-order valence-electron chi connectivity index (χ0n) is 9.23. The normalized spacial score (nSPS) is 16.1. The first-order valence-corrected chi connectivity index (χ1v) is 6.16. The first kappa shape index (κ1) is 10.2. The second kappa shape index (κ2) is 3.82. The summed E-state index contributed by atoms with van der Waals surface area (Å²) in [6, 6.07) is 7.72. The first-order valence-electron chi connectivity index (χ1n) is 5.28. The van der Waals surface area contributed by atoms with Gasteiger partial charge in [0.1, 0.15) is 0 Å². The number of hydrogen-bond donors (Lipinski definition) is 1. The molecule has 17 heavy (non-hydrogen) atoms. The van der Waals surface area contributed by atoms with Crippen molar-refractivity contribution in [2.24, 2.45) is 0 Å². The summed E-state index contributed by atoms with van der Waals surface area (Å²) in [4.78, 5) is 17.1. The van der Waals surface area contributed by atoms with Gasteiger partial charge in [-0.3, -0.25) is 4.79 Å². The lowest BCUT2D eigenvalue weighted by Gasteiger charge is -1.96. The number of carbonyl (C=O) groups excluding carboxylic acids is 1. The van der Waals surface area contributed by atoms with Gasteiger partial charge in [0.05, 0.1) is 21.7 Å². The van der Waals surface area contributed by atoms with Crippen LogP contribution in [0.4, 0.5) is 5.69 Å². The molecule has 0 aliphatic carbocycles. The van der Waals surface area contributed by atoms with Crippen molar-refractivity contribution in [3.8, 4) is 0 Å². The fourth-order valence-corrected chi connectivity index (χ4v) is 2.60. The highest BCUT2D eigenvalue weighted by Crippen LogP contribution is 2.33. The molecule has 2 aromatic rings. The molecule has 1 aromatic heterocycles. The Bertz CT molecular complexity index is 628. The summed E-state index contributed by atoms with van der Waals surface area (Å²) in [6.07, 6.45) is 1.91. The van der Waals surface area contributed by atoms with Crippen molar-refractivity contribution in [3.63, 3.8) is 0 Å². The van der Waals surface area contributed by atoms with Gasteiger partial charge in [0.15, 0.2) is 0 Å². The Labute approximate surface area is 103 Å². The Morgan fingerprint density at radius 3 is 2.94 bits per heavy atom. The molecule has 4 heteroatoms. The molecule has 0 atom stereocenters. The fourth-order valence-electron chi connectivity index (χ4n) is 1.86. The summed E-state index contributed by atoms with van der Waals surface area (Å²) >= 11 is 1.55. The molecule has 0 fully saturated rings. The molecule has 1 aromatic carbocycles. The maximum Gasteiger partial charge on any atom is 0.256 e. The van der Waals surface area contributed by atoms with Crippen LogP contribution < -0.4 is 5.32 Å². The maximum absolute atomic E-state index is 11.9. The zero-order chi connectivity index (χ0) is 11.8. The van der Waals surface area contributed by atoms with Crippen molar-refractivity contribution in [2.75, 3.05) is 5.32 Å². The molecule has 3 rings (SSSR count). The highest BCUT2D eigenvalue weighted by Gasteiger charge is 2.23. The van der Waals surface area contributed by atoms with E-state index in [2.05, 4.69) is 10.3 Å². The summed E-state index contributed by atoms with van der Waals surface area (Å²) in [6.45, 7) is 1.95. The maximum atomic E-state index is 11.9. The predicted molar refractivity (Wildman–Crippen MR) is 69.8 cm³/mol. The van der Waals surface area contributed by atoms with E-state index in [1.807, 2.05) is 37.3 Å². The molecule has 84 valence electrons. The van der Waals surface area contributed by atoms with Gasteiger partial charge in [0.25, 0.3) is 5.91 Å². The highest BCUT2D eigenvalue weighted by molar-refractivity contribution is 7.10. The van der Waals surface area contributed by atoms with Gasteiger partial charge in [-0.15, -0.1) is 11.3 Å². The van der Waals surface area contributed by atoms with Crippen molar-refractivity contribution in [3.05, 3.63) is 45.9 Å². The van der Waals surface area contributed by atoms with Crippen molar-refractivity contribution < 1.29 is 4.79 Å². The molecule has 1 N–H and O–H groups in total. The second-order valence-corrected chi connectivity index (χ2v) is 4.75. The van der Waals surface area contributed by atoms with E-state index in [0.29, 0.717) is 5.57 Å². The van der Waals surface area contributed by atoms with Crippen LogP contribution in [0.25, 0.3) is 11.6 Å². The van der Waals surface area contributed by atoms with Crippen LogP contribution in [0.2, 0.25) is 0 Å². The number of para-hydroxylation sites is 1. The molecule has 1 aliphatic rings. The van der Waals surface area contributed by atoms with Crippen molar-refractivity contribution in [1.29, 1.82) is 0 Å². The number of thiazole rings is 1. The highest BCUT2D eigenvalue weighted by atomic mass is 32.1. The Morgan fingerprint density at radius 2 is 2.18 bits per heavy atom. The number of carbonyl (C=O) groups is 1. The predicted octanol–water partition coefficient (Wildman–Crippen LogP) is 2.94. The third-order valence-electron chi connectivity index (χ3n) is 2.77. The van der Waals surface area contributed by atoms with E-state index in [4.69, 9.17) is 0 Å². The van der Waals surface area contributed by atoms with Gasteiger partial charge in [-0.05, 0) is 19.1 Å². The van der Waals surface area contributed by atoms with Crippen LogP contribution in [0.3, 0.4) is 0 Å². The topological polar surface area (TPSA) is 42.0 Å². The number of fused-ring (bicyclic) bond motifs is 1. The van der Waals surface area contributed by atoms with Gasteiger partial charge in [0.2, 0.25) is 0 Å². The lowest BCUT2D eigenvalue weighted by Crippen LogP contribution is -2.03. The summed E-state index contributed by atoms with van der Waals surface area (Å²) in [5.41, 5.74) is 5.31. The van der Waals surface area contributed by atoms with Crippen molar-refractivity contribution >= 4 is 34.6 Å². The Balaban J connectivity index is 2.13. The fraction of sp³-hybridized carbons (Fsp3) is 0.0769. The van der Waals surface area contributed by atoms with Crippen LogP contribution in [0.15, 0.2) is 29.8 Å². The number of benzene rings is 1. The Kier molecular flexibility index (Phi) is 2.30. The minimum absolute atomic E-state index is 0.0426. The third-order valence-corrected chi connectivity index (χ3v) is 3.65. The molecule has 1 amide bonds. The lowest BCUT2D eigenvalue weighted by molar-refractivity contribution is -0.110. The lowest BCUT2D eigenvalue weighted by atomic mass is 10.1. The van der Waals surface area contributed by atoms with Crippen LogP contribution in [-0.4, -0.2) is 10.9 Å². The Morgan fingerprint density at radius 1 is 1.35 bits per heavy atom. The largest absolute Gasteiger partial charge is 0.321 e. The van der Waals surface area contributed by atoms with E-state index in [1.54, 1.807) is 16.8 Å². The van der Waals surface area contributed by atoms with Gasteiger partial charge in [-0.25, -0.2) is 4.98 Å². The van der Waals surface area contributed by atoms with E-state index in [9.17, 15) is 4.79 Å². The first-order chi connectivity index (χ1) is 8.25. The minimum Gasteiger partial charge on any atom is -0.321 e.